The number of halogens is 1. The Balaban J connectivity index is 1.54. The van der Waals surface area contributed by atoms with Crippen LogP contribution >= 0.6 is 11.3 Å². The van der Waals surface area contributed by atoms with Crippen LogP contribution in [0.5, 0.6) is 11.5 Å². The molecule has 3 aromatic rings. The van der Waals surface area contributed by atoms with E-state index in [2.05, 4.69) is 13.8 Å². The lowest BCUT2D eigenvalue weighted by Gasteiger charge is -2.37. The van der Waals surface area contributed by atoms with E-state index in [-0.39, 0.29) is 42.7 Å². The van der Waals surface area contributed by atoms with E-state index in [0.29, 0.717) is 30.2 Å². The topological polar surface area (TPSA) is 59.1 Å². The van der Waals surface area contributed by atoms with Crippen molar-refractivity contribution in [2.75, 3.05) is 33.4 Å². The van der Waals surface area contributed by atoms with Crippen LogP contribution in [0.15, 0.2) is 60.0 Å². The van der Waals surface area contributed by atoms with Gasteiger partial charge in [-0.2, -0.15) is 0 Å². The monoisotopic (exact) mass is 524 g/mol. The molecule has 196 valence electrons. The van der Waals surface area contributed by atoms with Gasteiger partial charge in [0.15, 0.2) is 0 Å². The van der Waals surface area contributed by atoms with Crippen LogP contribution in [0, 0.1) is 11.7 Å². The van der Waals surface area contributed by atoms with Gasteiger partial charge in [0.2, 0.25) is 5.91 Å². The van der Waals surface area contributed by atoms with Gasteiger partial charge in [-0.25, -0.2) is 4.39 Å². The molecule has 4 rings (SSSR count). The van der Waals surface area contributed by atoms with Crippen LogP contribution in [0.3, 0.4) is 0 Å². The van der Waals surface area contributed by atoms with Crippen LogP contribution in [0.1, 0.15) is 47.1 Å². The van der Waals surface area contributed by atoms with Gasteiger partial charge < -0.3 is 19.3 Å². The molecule has 0 fully saturated rings. The maximum absolute atomic E-state index is 13.7. The Hall–Kier alpha value is -3.39. The molecule has 2 amide bonds. The molecule has 8 heteroatoms. The molecule has 0 radical (unpaired) electrons. The van der Waals surface area contributed by atoms with Gasteiger partial charge in [0.1, 0.15) is 30.5 Å². The number of methoxy groups -OCH3 is 1. The lowest BCUT2D eigenvalue weighted by atomic mass is 10.00. The van der Waals surface area contributed by atoms with Crippen LogP contribution in [-0.2, 0) is 11.2 Å². The summed E-state index contributed by atoms with van der Waals surface area (Å²) in [6.45, 7) is 5.41. The van der Waals surface area contributed by atoms with Gasteiger partial charge in [-0.05, 0) is 71.8 Å². The van der Waals surface area contributed by atoms with Gasteiger partial charge in [-0.3, -0.25) is 9.59 Å². The number of carbonyl (C=O) groups excluding carboxylic acids is 2. The Morgan fingerprint density at radius 1 is 1.16 bits per heavy atom. The fourth-order valence-electron chi connectivity index (χ4n) is 4.50. The van der Waals surface area contributed by atoms with Gasteiger partial charge in [0.25, 0.3) is 5.91 Å². The first-order valence-electron chi connectivity index (χ1n) is 12.6. The highest BCUT2D eigenvalue weighted by Gasteiger charge is 2.34. The number of hydrogen-bond donors (Lipinski definition) is 0. The van der Waals surface area contributed by atoms with Crippen LogP contribution in [0.25, 0.3) is 0 Å². The zero-order valence-corrected chi connectivity index (χ0v) is 22.3. The van der Waals surface area contributed by atoms with Crippen LogP contribution in [0.2, 0.25) is 0 Å². The minimum atomic E-state index is -0.330. The Labute approximate surface area is 221 Å². The van der Waals surface area contributed by atoms with E-state index in [1.807, 2.05) is 16.3 Å². The number of rotatable bonds is 10. The molecule has 2 aromatic carbocycles. The predicted octanol–water partition coefficient (Wildman–Crippen LogP) is 5.59. The molecule has 0 spiro atoms. The fraction of sp³-hybridized carbons (Fsp3) is 0.379. The quantitative estimate of drug-likeness (QED) is 0.347. The molecule has 37 heavy (non-hydrogen) atoms. The van der Waals surface area contributed by atoms with Gasteiger partial charge in [0.05, 0.1) is 13.2 Å². The SMILES string of the molecule is CC[C@H](C)CN(CC(=O)N1CCc2sccc2[C@H]1COc1ccc(F)cc1)C(=O)c1cccc(OC)c1. The largest absolute Gasteiger partial charge is 0.497 e. The van der Waals surface area contributed by atoms with Gasteiger partial charge in [0, 0.05) is 23.5 Å². The zero-order chi connectivity index (χ0) is 26.4. The summed E-state index contributed by atoms with van der Waals surface area (Å²) in [4.78, 5) is 31.9. The lowest BCUT2D eigenvalue weighted by Crippen LogP contribution is -2.48. The average Bonchev–Trinajstić information content (AvgIpc) is 3.41. The number of fused-ring (bicyclic) bond motifs is 1. The second-order valence-electron chi connectivity index (χ2n) is 9.35. The van der Waals surface area contributed by atoms with Gasteiger partial charge in [-0.15, -0.1) is 11.3 Å². The van der Waals surface area contributed by atoms with Crippen molar-refractivity contribution in [2.45, 2.75) is 32.7 Å². The summed E-state index contributed by atoms with van der Waals surface area (Å²) >= 11 is 1.68. The number of carbonyl (C=O) groups is 2. The van der Waals surface area contributed by atoms with E-state index in [4.69, 9.17) is 9.47 Å². The minimum absolute atomic E-state index is 0.0209. The molecular weight excluding hydrogens is 491 g/mol. The number of amides is 2. The molecule has 0 unspecified atom stereocenters. The number of ether oxygens (including phenoxy) is 2. The van der Waals surface area contributed by atoms with E-state index >= 15 is 0 Å². The van der Waals surface area contributed by atoms with Crippen molar-refractivity contribution in [1.82, 2.24) is 9.80 Å². The number of thiophene rings is 1. The van der Waals surface area contributed by atoms with Crippen molar-refractivity contribution in [3.8, 4) is 11.5 Å². The van der Waals surface area contributed by atoms with Crippen LogP contribution in [-0.4, -0.2) is 55.0 Å². The van der Waals surface area contributed by atoms with Crippen molar-refractivity contribution in [3.63, 3.8) is 0 Å². The van der Waals surface area contributed by atoms with Crippen LogP contribution in [0.4, 0.5) is 4.39 Å². The molecule has 0 bridgehead atoms. The summed E-state index contributed by atoms with van der Waals surface area (Å²) in [5.74, 6) is 0.736. The molecule has 1 aliphatic heterocycles. The summed E-state index contributed by atoms with van der Waals surface area (Å²) < 4.78 is 24.6. The number of hydrogen-bond acceptors (Lipinski definition) is 5. The zero-order valence-electron chi connectivity index (χ0n) is 21.5. The van der Waals surface area contributed by atoms with E-state index in [9.17, 15) is 14.0 Å². The fourth-order valence-corrected chi connectivity index (χ4v) is 5.43. The summed E-state index contributed by atoms with van der Waals surface area (Å²) in [5.41, 5.74) is 1.56. The normalized spacial score (nSPS) is 15.6. The first kappa shape index (κ1) is 26.7. The molecular formula is C29H33FN2O4S. The first-order chi connectivity index (χ1) is 17.9. The van der Waals surface area contributed by atoms with Crippen molar-refractivity contribution in [3.05, 3.63) is 81.8 Å². The van der Waals surface area contributed by atoms with Gasteiger partial charge in [-0.1, -0.05) is 26.3 Å². The maximum atomic E-state index is 13.7. The van der Waals surface area contributed by atoms with E-state index in [0.717, 1.165) is 18.4 Å². The molecule has 0 aliphatic carbocycles. The molecule has 1 aromatic heterocycles. The molecule has 0 N–H and O–H groups in total. The van der Waals surface area contributed by atoms with E-state index in [1.165, 1.54) is 17.0 Å². The van der Waals surface area contributed by atoms with Crippen molar-refractivity contribution in [2.24, 2.45) is 5.92 Å². The van der Waals surface area contributed by atoms with Crippen LogP contribution < -0.4 is 9.47 Å². The first-order valence-corrected chi connectivity index (χ1v) is 13.4. The third kappa shape index (κ3) is 6.49. The summed E-state index contributed by atoms with van der Waals surface area (Å²) in [6, 6.07) is 14.6. The molecule has 1 aliphatic rings. The van der Waals surface area contributed by atoms with Crippen molar-refractivity contribution in [1.29, 1.82) is 0 Å². The third-order valence-electron chi connectivity index (χ3n) is 6.80. The lowest BCUT2D eigenvalue weighted by molar-refractivity contribution is -0.135. The summed E-state index contributed by atoms with van der Waals surface area (Å²) in [5, 5.41) is 2.03. The molecule has 0 saturated heterocycles. The Morgan fingerprint density at radius 3 is 2.68 bits per heavy atom. The Kier molecular flexibility index (Phi) is 8.82. The number of benzene rings is 2. The average molecular weight is 525 g/mol. The smallest absolute Gasteiger partial charge is 0.254 e. The Morgan fingerprint density at radius 2 is 1.95 bits per heavy atom. The summed E-state index contributed by atoms with van der Waals surface area (Å²) in [7, 11) is 1.56. The molecule has 2 heterocycles. The number of nitrogens with zero attached hydrogens (tertiary/aromatic N) is 2. The Bertz CT molecular complexity index is 1210. The van der Waals surface area contributed by atoms with E-state index < -0.39 is 0 Å². The second kappa shape index (κ2) is 12.2. The summed E-state index contributed by atoms with van der Waals surface area (Å²) in [6.07, 6.45) is 1.66. The third-order valence-corrected chi connectivity index (χ3v) is 7.79. The standard InChI is InChI=1S/C29H33FN2O4S/c1-4-20(2)17-31(29(34)21-6-5-7-24(16-21)35-3)18-28(33)32-14-12-27-25(13-15-37-27)26(32)19-36-23-10-8-22(30)9-11-23/h5-11,13,15-16,20,26H,4,12,14,17-19H2,1-3H3/t20-,26+/m0/s1. The van der Waals surface area contributed by atoms with Crippen molar-refractivity contribution < 1.29 is 23.5 Å². The molecule has 2 atom stereocenters. The highest BCUT2D eigenvalue weighted by molar-refractivity contribution is 7.10. The second-order valence-corrected chi connectivity index (χ2v) is 10.3. The van der Waals surface area contributed by atoms with Gasteiger partial charge >= 0.3 is 0 Å². The minimum Gasteiger partial charge on any atom is -0.497 e. The predicted molar refractivity (Wildman–Crippen MR) is 143 cm³/mol. The van der Waals surface area contributed by atoms with E-state index in [1.54, 1.807) is 59.7 Å². The highest BCUT2D eigenvalue weighted by Crippen LogP contribution is 2.34. The highest BCUT2D eigenvalue weighted by atomic mass is 32.1. The molecule has 0 saturated carbocycles. The molecule has 6 nitrogen and oxygen atoms in total. The van der Waals surface area contributed by atoms with Crippen molar-refractivity contribution >= 4 is 23.2 Å². The maximum Gasteiger partial charge on any atom is 0.254 e.